The van der Waals surface area contributed by atoms with Gasteiger partial charge in [0.25, 0.3) is 0 Å². The number of ketones is 1. The highest BCUT2D eigenvalue weighted by molar-refractivity contribution is 5.87. The number of allylic oxidation sites excluding steroid dienone is 1. The van der Waals surface area contributed by atoms with Gasteiger partial charge in [0.1, 0.15) is 5.78 Å². The lowest BCUT2D eigenvalue weighted by atomic mass is 9.52. The van der Waals surface area contributed by atoms with Gasteiger partial charge in [-0.15, -0.1) is 0 Å². The molecule has 0 aromatic heterocycles. The largest absolute Gasteiger partial charge is 0.385 e. The van der Waals surface area contributed by atoms with Crippen molar-refractivity contribution < 1.29 is 19.4 Å². The minimum atomic E-state index is -0.721. The molecule has 4 fully saturated rings. The van der Waals surface area contributed by atoms with Gasteiger partial charge in [0.15, 0.2) is 5.79 Å². The maximum absolute atomic E-state index is 12.5. The second-order valence-corrected chi connectivity index (χ2v) is 11.0. The van der Waals surface area contributed by atoms with Crippen LogP contribution < -0.4 is 0 Å². The van der Waals surface area contributed by atoms with Crippen molar-refractivity contribution in [2.24, 2.45) is 28.6 Å². The van der Waals surface area contributed by atoms with Crippen LogP contribution in [-0.2, 0) is 14.3 Å². The number of rotatable bonds is 0. The molecule has 0 unspecified atom stereocenters. The van der Waals surface area contributed by atoms with Crippen LogP contribution in [0.4, 0.5) is 0 Å². The van der Waals surface area contributed by atoms with Crippen molar-refractivity contribution in [2.45, 2.75) is 83.5 Å². The molecule has 4 aliphatic carbocycles. The molecular weight excluding hydrogens is 340 g/mol. The highest BCUT2D eigenvalue weighted by atomic mass is 16.7. The summed E-state index contributed by atoms with van der Waals surface area (Å²) in [6, 6.07) is 0. The van der Waals surface area contributed by atoms with Gasteiger partial charge in [-0.3, -0.25) is 4.79 Å². The Balaban J connectivity index is 1.40. The molecule has 5 aliphatic rings. The van der Waals surface area contributed by atoms with Gasteiger partial charge in [-0.05, 0) is 55.4 Å². The van der Waals surface area contributed by atoms with Gasteiger partial charge < -0.3 is 14.6 Å². The summed E-state index contributed by atoms with van der Waals surface area (Å²) >= 11 is 0. The quantitative estimate of drug-likeness (QED) is 0.651. The van der Waals surface area contributed by atoms with Gasteiger partial charge in [-0.2, -0.15) is 0 Å². The molecular formula is C23H34O4. The van der Waals surface area contributed by atoms with Crippen LogP contribution in [0.15, 0.2) is 11.6 Å². The predicted octanol–water partition coefficient (Wildman–Crippen LogP) is 4.01. The third kappa shape index (κ3) is 2.55. The molecule has 5 rings (SSSR count). The predicted molar refractivity (Wildman–Crippen MR) is 102 cm³/mol. The first-order valence-corrected chi connectivity index (χ1v) is 10.9. The average molecular weight is 375 g/mol. The van der Waals surface area contributed by atoms with Crippen LogP contribution >= 0.6 is 0 Å². The monoisotopic (exact) mass is 374 g/mol. The zero-order chi connectivity index (χ0) is 19.1. The summed E-state index contributed by atoms with van der Waals surface area (Å²) in [5, 5.41) is 11.8. The zero-order valence-electron chi connectivity index (χ0n) is 17.1. The van der Waals surface area contributed by atoms with E-state index in [4.69, 9.17) is 9.47 Å². The van der Waals surface area contributed by atoms with Crippen LogP contribution in [-0.4, -0.2) is 35.5 Å². The van der Waals surface area contributed by atoms with Crippen LogP contribution in [0.1, 0.15) is 72.1 Å². The normalized spacial score (nSPS) is 47.8. The van der Waals surface area contributed by atoms with Crippen molar-refractivity contribution in [2.75, 3.05) is 13.2 Å². The molecule has 0 amide bonds. The number of Topliss-reactive ketones (excluding diaryl/α,β-unsaturated/α-hetero) is 1. The van der Waals surface area contributed by atoms with Crippen LogP contribution in [0.2, 0.25) is 0 Å². The molecule has 1 spiro atoms. The summed E-state index contributed by atoms with van der Waals surface area (Å²) < 4.78 is 12.5. The Bertz CT molecular complexity index is 684. The summed E-state index contributed by atoms with van der Waals surface area (Å²) in [5.74, 6) is 0.959. The van der Waals surface area contributed by atoms with E-state index in [0.717, 1.165) is 64.6 Å². The van der Waals surface area contributed by atoms with E-state index in [9.17, 15) is 9.90 Å². The number of hydrogen-bond donors (Lipinski definition) is 1. The van der Waals surface area contributed by atoms with E-state index >= 15 is 0 Å². The maximum Gasteiger partial charge on any atom is 0.168 e. The molecule has 1 heterocycles. The Morgan fingerprint density at radius 3 is 2.56 bits per heavy atom. The molecule has 0 aromatic carbocycles. The third-order valence-electron chi connectivity index (χ3n) is 8.67. The Labute approximate surface area is 162 Å². The highest BCUT2D eigenvalue weighted by Crippen LogP contribution is 2.61. The Morgan fingerprint density at radius 2 is 1.81 bits per heavy atom. The molecule has 4 heteroatoms. The molecule has 5 atom stereocenters. The Kier molecular flexibility index (Phi) is 3.85. The topological polar surface area (TPSA) is 55.8 Å². The number of fused-ring (bicyclic) bond motifs is 5. The molecule has 0 bridgehead atoms. The first-order valence-electron chi connectivity index (χ1n) is 10.9. The van der Waals surface area contributed by atoms with E-state index in [1.807, 2.05) is 0 Å². The number of hydrogen-bond acceptors (Lipinski definition) is 4. The van der Waals surface area contributed by atoms with Gasteiger partial charge in [0.2, 0.25) is 0 Å². The SMILES string of the molecule is CC1(C)COC2(CC[C@@]3(O)C4=CC[C@]5(C)C(=O)CC[C@H]5[C@@H]4CC[C@H]3C2)OC1. The smallest absolute Gasteiger partial charge is 0.168 e. The molecule has 1 saturated heterocycles. The summed E-state index contributed by atoms with van der Waals surface area (Å²) in [7, 11) is 0. The van der Waals surface area contributed by atoms with Crippen LogP contribution in [0.3, 0.4) is 0 Å². The average Bonchev–Trinajstić information content (AvgIpc) is 2.94. The first-order chi connectivity index (χ1) is 12.7. The summed E-state index contributed by atoms with van der Waals surface area (Å²) in [6.07, 6.45) is 9.17. The second-order valence-electron chi connectivity index (χ2n) is 11.0. The van der Waals surface area contributed by atoms with E-state index in [1.54, 1.807) is 0 Å². The van der Waals surface area contributed by atoms with Crippen LogP contribution in [0, 0.1) is 28.6 Å². The van der Waals surface area contributed by atoms with Gasteiger partial charge in [-0.25, -0.2) is 0 Å². The fourth-order valence-electron chi connectivity index (χ4n) is 6.88. The van der Waals surface area contributed by atoms with Crippen LogP contribution in [0.5, 0.6) is 0 Å². The van der Waals surface area contributed by atoms with E-state index in [-0.39, 0.29) is 16.7 Å². The van der Waals surface area contributed by atoms with Gasteiger partial charge in [0.05, 0.1) is 18.8 Å². The molecule has 0 radical (unpaired) electrons. The summed E-state index contributed by atoms with van der Waals surface area (Å²) in [6.45, 7) is 7.98. The number of aliphatic hydroxyl groups is 1. The fraction of sp³-hybridized carbons (Fsp3) is 0.870. The lowest BCUT2D eigenvalue weighted by Gasteiger charge is -2.57. The molecule has 0 aromatic rings. The molecule has 150 valence electrons. The zero-order valence-corrected chi connectivity index (χ0v) is 17.1. The standard InChI is InChI=1S/C23H34O4/c1-20(2)13-26-22(27-14-20)10-11-23(25)15(12-22)4-5-16-17-6-7-19(24)21(17,3)9-8-18(16)23/h8,15-17,25H,4-7,9-14H2,1-3H3/t15-,16-,17-,21-,23-/m0/s1. The van der Waals surface area contributed by atoms with Crippen molar-refractivity contribution in [3.8, 4) is 0 Å². The van der Waals surface area contributed by atoms with E-state index in [2.05, 4.69) is 26.8 Å². The van der Waals surface area contributed by atoms with Gasteiger partial charge >= 0.3 is 0 Å². The first kappa shape index (κ1) is 18.3. The van der Waals surface area contributed by atoms with E-state index in [0.29, 0.717) is 17.6 Å². The summed E-state index contributed by atoms with van der Waals surface area (Å²) in [5.41, 5.74) is 0.416. The molecule has 4 nitrogen and oxygen atoms in total. The fourth-order valence-corrected chi connectivity index (χ4v) is 6.88. The number of carbonyl (C=O) groups excluding carboxylic acids is 1. The number of carbonyl (C=O) groups is 1. The van der Waals surface area contributed by atoms with Crippen LogP contribution in [0.25, 0.3) is 0 Å². The van der Waals surface area contributed by atoms with E-state index < -0.39 is 11.4 Å². The second kappa shape index (κ2) is 5.67. The molecule has 27 heavy (non-hydrogen) atoms. The number of ether oxygens (including phenoxy) is 2. The molecule has 3 saturated carbocycles. The lowest BCUT2D eigenvalue weighted by molar-refractivity contribution is -0.327. The van der Waals surface area contributed by atoms with E-state index in [1.165, 1.54) is 5.57 Å². The Morgan fingerprint density at radius 1 is 1.07 bits per heavy atom. The van der Waals surface area contributed by atoms with Gasteiger partial charge in [-0.1, -0.05) is 26.8 Å². The van der Waals surface area contributed by atoms with Gasteiger partial charge in [0, 0.05) is 30.1 Å². The Hall–Kier alpha value is -0.710. The maximum atomic E-state index is 12.5. The molecule has 1 N–H and O–H groups in total. The minimum Gasteiger partial charge on any atom is -0.385 e. The minimum absolute atomic E-state index is 0.0715. The third-order valence-corrected chi connectivity index (χ3v) is 8.67. The van der Waals surface area contributed by atoms with Crippen molar-refractivity contribution in [1.29, 1.82) is 0 Å². The van der Waals surface area contributed by atoms with Crippen molar-refractivity contribution in [1.82, 2.24) is 0 Å². The lowest BCUT2D eigenvalue weighted by Crippen LogP contribution is -2.59. The highest BCUT2D eigenvalue weighted by Gasteiger charge is 2.60. The molecule has 1 aliphatic heterocycles. The van der Waals surface area contributed by atoms with Crippen molar-refractivity contribution >= 4 is 5.78 Å². The summed E-state index contributed by atoms with van der Waals surface area (Å²) in [4.78, 5) is 12.5. The van der Waals surface area contributed by atoms with Crippen molar-refractivity contribution in [3.63, 3.8) is 0 Å². The van der Waals surface area contributed by atoms with Crippen molar-refractivity contribution in [3.05, 3.63) is 11.6 Å².